The van der Waals surface area contributed by atoms with E-state index in [0.717, 1.165) is 38.5 Å². The monoisotopic (exact) mass is 704 g/mol. The Labute approximate surface area is 338 Å². The largest absolute Gasteiger partial charge is 1.00 e. The zero-order valence-electron chi connectivity index (χ0n) is 30.3. The van der Waals surface area contributed by atoms with Gasteiger partial charge in [-0.25, -0.2) is 0 Å². The van der Waals surface area contributed by atoms with Crippen LogP contribution in [0.25, 0.3) is 0 Å². The van der Waals surface area contributed by atoms with Crippen LogP contribution in [0.4, 0.5) is 0 Å². The van der Waals surface area contributed by atoms with E-state index in [-0.39, 0.29) is 106 Å². The fourth-order valence-corrected chi connectivity index (χ4v) is 6.19. The van der Waals surface area contributed by atoms with Crippen LogP contribution < -0.4 is 90.7 Å². The Hall–Kier alpha value is 2.86. The van der Waals surface area contributed by atoms with Crippen molar-refractivity contribution in [2.45, 2.75) is 195 Å². The van der Waals surface area contributed by atoms with Crippen LogP contribution in [0.2, 0.25) is 0 Å². The van der Waals surface area contributed by atoms with E-state index in [1.165, 1.54) is 89.9 Å². The van der Waals surface area contributed by atoms with Gasteiger partial charge in [0.15, 0.2) is 0 Å². The van der Waals surface area contributed by atoms with E-state index in [9.17, 15) is 18.9 Å². The molecule has 0 amide bonds. The molecule has 4 atom stereocenters. The molecule has 0 N–H and O–H groups in total. The number of unbranched alkanes of at least 4 members (excludes halogenated alkanes) is 18. The summed E-state index contributed by atoms with van der Waals surface area (Å²) < 4.78 is 42.3. The third-order valence-corrected chi connectivity index (χ3v) is 9.50. The standard InChI is InChI=1S/2C16H35O4P.K.Na/c2*1-4-6-7-8-9-10-11-12-13-14-15-19-21(17,18)20-16(3)5-2;;/h2*16H,4-15H2,1-3H3,(H,17,18);;/q;;2*+1/p-2. The Morgan fingerprint density at radius 1 is 0.477 bits per heavy atom. The maximum atomic E-state index is 11.4. The second kappa shape index (κ2) is 38.7. The smallest absolute Gasteiger partial charge is 0.756 e. The Balaban J connectivity index is -0.000000348. The summed E-state index contributed by atoms with van der Waals surface area (Å²) in [6.45, 7) is 12.2. The van der Waals surface area contributed by atoms with Gasteiger partial charge in [0.05, 0.1) is 25.4 Å². The molecular formula is C32H68KNaO8P2. The zero-order chi connectivity index (χ0) is 32.0. The summed E-state index contributed by atoms with van der Waals surface area (Å²) in [7, 11) is -8.18. The van der Waals surface area contributed by atoms with Crippen molar-refractivity contribution in [3.63, 3.8) is 0 Å². The number of hydrogen-bond donors (Lipinski definition) is 0. The predicted octanol–water partition coefficient (Wildman–Crippen LogP) is 4.42. The molecule has 0 aliphatic heterocycles. The maximum absolute atomic E-state index is 11.4. The molecule has 12 heteroatoms. The van der Waals surface area contributed by atoms with E-state index >= 15 is 0 Å². The number of rotatable bonds is 30. The van der Waals surface area contributed by atoms with Crippen LogP contribution in [0.1, 0.15) is 183 Å². The van der Waals surface area contributed by atoms with Gasteiger partial charge in [-0.1, -0.05) is 143 Å². The van der Waals surface area contributed by atoms with E-state index in [4.69, 9.17) is 18.1 Å². The Morgan fingerprint density at radius 2 is 0.705 bits per heavy atom. The molecule has 0 rings (SSSR count). The molecule has 256 valence electrons. The van der Waals surface area contributed by atoms with Gasteiger partial charge in [0, 0.05) is 0 Å². The van der Waals surface area contributed by atoms with Gasteiger partial charge in [-0.3, -0.25) is 9.13 Å². The molecule has 0 aliphatic rings. The molecule has 0 fully saturated rings. The van der Waals surface area contributed by atoms with Gasteiger partial charge in [0.1, 0.15) is 0 Å². The van der Waals surface area contributed by atoms with E-state index in [2.05, 4.69) is 13.8 Å². The topological polar surface area (TPSA) is 117 Å². The first kappa shape index (κ1) is 53.6. The van der Waals surface area contributed by atoms with Crippen molar-refractivity contribution < 1.29 is 118 Å². The van der Waals surface area contributed by atoms with Crippen molar-refractivity contribution in [1.29, 1.82) is 0 Å². The first-order chi connectivity index (χ1) is 20.0. The molecule has 44 heavy (non-hydrogen) atoms. The van der Waals surface area contributed by atoms with Gasteiger partial charge < -0.3 is 27.9 Å². The third-order valence-electron chi connectivity index (χ3n) is 7.26. The van der Waals surface area contributed by atoms with Crippen LogP contribution in [0.5, 0.6) is 0 Å². The molecule has 0 spiro atoms. The van der Waals surface area contributed by atoms with Crippen molar-refractivity contribution in [2.24, 2.45) is 0 Å². The molecule has 0 bridgehead atoms. The van der Waals surface area contributed by atoms with Gasteiger partial charge in [-0.15, -0.1) is 0 Å². The van der Waals surface area contributed by atoms with Crippen molar-refractivity contribution in [1.82, 2.24) is 0 Å². The van der Waals surface area contributed by atoms with E-state index < -0.39 is 15.6 Å². The summed E-state index contributed by atoms with van der Waals surface area (Å²) in [4.78, 5) is 22.9. The normalized spacial score (nSPS) is 15.1. The zero-order valence-corrected chi connectivity index (χ0v) is 37.2. The van der Waals surface area contributed by atoms with Gasteiger partial charge in [0.25, 0.3) is 15.6 Å². The van der Waals surface area contributed by atoms with Crippen LogP contribution in [0.3, 0.4) is 0 Å². The maximum Gasteiger partial charge on any atom is 1.00 e. The van der Waals surface area contributed by atoms with Crippen LogP contribution >= 0.6 is 15.6 Å². The Bertz CT molecular complexity index is 610. The molecule has 0 saturated carbocycles. The fourth-order valence-electron chi connectivity index (χ4n) is 4.18. The summed E-state index contributed by atoms with van der Waals surface area (Å²) >= 11 is 0. The molecule has 0 saturated heterocycles. The quantitative estimate of drug-likeness (QED) is 0.0613. The van der Waals surface area contributed by atoms with Gasteiger partial charge in [0.2, 0.25) is 0 Å². The number of phosphoric acid groups is 2. The van der Waals surface area contributed by atoms with Crippen LogP contribution in [-0.4, -0.2) is 25.4 Å². The Morgan fingerprint density at radius 3 is 0.932 bits per heavy atom. The molecule has 8 nitrogen and oxygen atoms in total. The summed E-state index contributed by atoms with van der Waals surface area (Å²) in [6, 6.07) is 0. The summed E-state index contributed by atoms with van der Waals surface area (Å²) in [5.41, 5.74) is 0. The van der Waals surface area contributed by atoms with Crippen molar-refractivity contribution in [3.05, 3.63) is 0 Å². The molecule has 0 aromatic heterocycles. The predicted molar refractivity (Wildman–Crippen MR) is 172 cm³/mol. The SMILES string of the molecule is CCCCCCCCCCCCOP(=O)([O-])OC(C)CC.CCCCCCCCCCCCOP(=O)([O-])OC(C)CC.[K+].[Na+]. The molecule has 0 aromatic rings. The average molecular weight is 705 g/mol. The van der Waals surface area contributed by atoms with Crippen molar-refractivity contribution >= 4 is 15.6 Å². The summed E-state index contributed by atoms with van der Waals surface area (Å²) in [5, 5.41) is 0. The van der Waals surface area contributed by atoms with E-state index in [0.29, 0.717) is 12.8 Å². The minimum atomic E-state index is -4.09. The van der Waals surface area contributed by atoms with E-state index in [1.807, 2.05) is 13.8 Å². The average Bonchev–Trinajstić information content (AvgIpc) is 2.94. The summed E-state index contributed by atoms with van der Waals surface area (Å²) in [6.07, 6.45) is 25.1. The van der Waals surface area contributed by atoms with Gasteiger partial charge >= 0.3 is 80.9 Å². The molecule has 4 unspecified atom stereocenters. The minimum Gasteiger partial charge on any atom is -0.756 e. The van der Waals surface area contributed by atoms with Crippen molar-refractivity contribution in [3.8, 4) is 0 Å². The number of hydrogen-bond acceptors (Lipinski definition) is 8. The third kappa shape index (κ3) is 42.9. The second-order valence-electron chi connectivity index (χ2n) is 11.6. The van der Waals surface area contributed by atoms with E-state index in [1.54, 1.807) is 13.8 Å². The molecule has 0 aromatic carbocycles. The summed E-state index contributed by atoms with van der Waals surface area (Å²) in [5.74, 6) is 0. The fraction of sp³-hybridized carbons (Fsp3) is 1.00. The van der Waals surface area contributed by atoms with Crippen LogP contribution in [0.15, 0.2) is 0 Å². The van der Waals surface area contributed by atoms with Crippen molar-refractivity contribution in [2.75, 3.05) is 13.2 Å². The molecule has 0 radical (unpaired) electrons. The number of phosphoric ester groups is 2. The molecule has 0 aliphatic carbocycles. The first-order valence-electron chi connectivity index (χ1n) is 17.3. The van der Waals surface area contributed by atoms with Gasteiger partial charge in [-0.05, 0) is 39.5 Å². The minimum absolute atomic E-state index is 0. The molecular weight excluding hydrogens is 636 g/mol. The van der Waals surface area contributed by atoms with Gasteiger partial charge in [-0.2, -0.15) is 0 Å². The molecule has 0 heterocycles. The van der Waals surface area contributed by atoms with Crippen LogP contribution in [-0.2, 0) is 27.2 Å². The van der Waals surface area contributed by atoms with Crippen LogP contribution in [0, 0.1) is 0 Å². The first-order valence-corrected chi connectivity index (χ1v) is 20.2. The second-order valence-corrected chi connectivity index (χ2v) is 14.3. The Kier molecular flexibility index (Phi) is 47.1.